The average Bonchev–Trinajstić information content (AvgIpc) is 2.82. The van der Waals surface area contributed by atoms with Crippen molar-refractivity contribution >= 4 is 23.4 Å². The number of anilines is 2. The highest BCUT2D eigenvalue weighted by molar-refractivity contribution is 5.98. The molecule has 0 unspecified atom stereocenters. The summed E-state index contributed by atoms with van der Waals surface area (Å²) in [7, 11) is 0. The summed E-state index contributed by atoms with van der Waals surface area (Å²) < 4.78 is 0. The van der Waals surface area contributed by atoms with E-state index in [0.717, 1.165) is 0 Å². The van der Waals surface area contributed by atoms with Gasteiger partial charge in [-0.05, 0) is 6.07 Å². The number of amides is 2. The number of aromatic amines is 1. The van der Waals surface area contributed by atoms with Crippen LogP contribution in [0, 0.1) is 10.1 Å². The van der Waals surface area contributed by atoms with Gasteiger partial charge >= 0.3 is 6.03 Å². The van der Waals surface area contributed by atoms with Crippen LogP contribution >= 0.6 is 0 Å². The zero-order valence-corrected chi connectivity index (χ0v) is 9.08. The van der Waals surface area contributed by atoms with Gasteiger partial charge in [0.15, 0.2) is 0 Å². The van der Waals surface area contributed by atoms with Gasteiger partial charge in [-0.2, -0.15) is 0 Å². The Balaban J connectivity index is 2.03. The summed E-state index contributed by atoms with van der Waals surface area (Å²) >= 11 is 0. The molecule has 2 amide bonds. The Morgan fingerprint density at radius 2 is 2.22 bits per heavy atom. The van der Waals surface area contributed by atoms with Crippen LogP contribution in [0.25, 0.3) is 0 Å². The van der Waals surface area contributed by atoms with E-state index in [1.54, 1.807) is 12.3 Å². The van der Waals surface area contributed by atoms with Crippen LogP contribution < -0.4 is 10.6 Å². The van der Waals surface area contributed by atoms with E-state index in [9.17, 15) is 14.9 Å². The Morgan fingerprint density at radius 3 is 2.89 bits per heavy atom. The molecule has 0 bridgehead atoms. The van der Waals surface area contributed by atoms with E-state index in [2.05, 4.69) is 20.6 Å². The van der Waals surface area contributed by atoms with Crippen molar-refractivity contribution in [1.82, 2.24) is 9.97 Å². The van der Waals surface area contributed by atoms with Crippen LogP contribution in [0.3, 0.4) is 0 Å². The number of nitro groups is 1. The number of hydrogen-bond acceptors (Lipinski definition) is 4. The SMILES string of the molecule is O=C(Nc1cccc([N+](=O)[O-])c1)Nc1ncc[nH]1. The van der Waals surface area contributed by atoms with E-state index in [-0.39, 0.29) is 11.6 Å². The van der Waals surface area contributed by atoms with E-state index >= 15 is 0 Å². The van der Waals surface area contributed by atoms with Crippen LogP contribution in [0.5, 0.6) is 0 Å². The van der Waals surface area contributed by atoms with Gasteiger partial charge in [-0.25, -0.2) is 9.78 Å². The quantitative estimate of drug-likeness (QED) is 0.568. The van der Waals surface area contributed by atoms with Gasteiger partial charge in [0, 0.05) is 30.2 Å². The van der Waals surface area contributed by atoms with Crippen LogP contribution in [0.2, 0.25) is 0 Å². The van der Waals surface area contributed by atoms with E-state index in [0.29, 0.717) is 5.69 Å². The predicted molar refractivity (Wildman–Crippen MR) is 64.3 cm³/mol. The molecule has 0 saturated heterocycles. The minimum absolute atomic E-state index is 0.0919. The van der Waals surface area contributed by atoms with E-state index in [1.807, 2.05) is 0 Å². The Bertz CT molecular complexity index is 567. The lowest BCUT2D eigenvalue weighted by Gasteiger charge is -2.04. The number of benzene rings is 1. The summed E-state index contributed by atoms with van der Waals surface area (Å²) in [5.41, 5.74) is 0.235. The molecule has 0 aliphatic carbocycles. The van der Waals surface area contributed by atoms with Gasteiger partial charge in [0.25, 0.3) is 5.69 Å². The third-order valence-electron chi connectivity index (χ3n) is 2.04. The predicted octanol–water partition coefficient (Wildman–Crippen LogP) is 1.96. The van der Waals surface area contributed by atoms with Gasteiger partial charge in [-0.3, -0.25) is 15.4 Å². The number of nitrogens with one attached hydrogen (secondary N) is 3. The Labute approximate surface area is 101 Å². The van der Waals surface area contributed by atoms with Crippen molar-refractivity contribution in [3.63, 3.8) is 0 Å². The van der Waals surface area contributed by atoms with Gasteiger partial charge in [0.1, 0.15) is 0 Å². The second kappa shape index (κ2) is 4.95. The van der Waals surface area contributed by atoms with Gasteiger partial charge in [0.2, 0.25) is 5.95 Å². The number of hydrogen-bond donors (Lipinski definition) is 3. The number of carbonyl (C=O) groups excluding carboxylic acids is 1. The first-order valence-electron chi connectivity index (χ1n) is 4.97. The topological polar surface area (TPSA) is 113 Å². The van der Waals surface area contributed by atoms with Crippen LogP contribution in [-0.2, 0) is 0 Å². The summed E-state index contributed by atoms with van der Waals surface area (Å²) in [6.07, 6.45) is 3.05. The maximum Gasteiger partial charge on any atom is 0.326 e. The molecule has 0 atom stereocenters. The number of rotatable bonds is 3. The molecule has 92 valence electrons. The molecule has 8 nitrogen and oxygen atoms in total. The number of aromatic nitrogens is 2. The molecule has 0 radical (unpaired) electrons. The van der Waals surface area contributed by atoms with Crippen LogP contribution in [0.4, 0.5) is 22.1 Å². The minimum atomic E-state index is -0.537. The van der Waals surface area contributed by atoms with Gasteiger partial charge in [-0.1, -0.05) is 6.07 Å². The minimum Gasteiger partial charge on any atom is -0.331 e. The first kappa shape index (κ1) is 11.6. The molecular formula is C10H9N5O3. The highest BCUT2D eigenvalue weighted by Crippen LogP contribution is 2.17. The van der Waals surface area contributed by atoms with E-state index in [1.165, 1.54) is 24.4 Å². The van der Waals surface area contributed by atoms with Crippen LogP contribution in [0.15, 0.2) is 36.7 Å². The molecule has 18 heavy (non-hydrogen) atoms. The maximum absolute atomic E-state index is 11.5. The highest BCUT2D eigenvalue weighted by Gasteiger charge is 2.08. The van der Waals surface area contributed by atoms with E-state index in [4.69, 9.17) is 0 Å². The lowest BCUT2D eigenvalue weighted by atomic mass is 10.3. The monoisotopic (exact) mass is 247 g/mol. The van der Waals surface area contributed by atoms with Crippen LogP contribution in [0.1, 0.15) is 0 Å². The molecule has 2 aromatic rings. The lowest BCUT2D eigenvalue weighted by Crippen LogP contribution is -2.20. The molecule has 8 heteroatoms. The smallest absolute Gasteiger partial charge is 0.326 e. The number of non-ortho nitro benzene ring substituents is 1. The largest absolute Gasteiger partial charge is 0.331 e. The molecule has 0 saturated carbocycles. The zero-order chi connectivity index (χ0) is 13.0. The lowest BCUT2D eigenvalue weighted by molar-refractivity contribution is -0.384. The third-order valence-corrected chi connectivity index (χ3v) is 2.04. The molecule has 2 rings (SSSR count). The summed E-state index contributed by atoms with van der Waals surface area (Å²) in [4.78, 5) is 28.0. The second-order valence-electron chi connectivity index (χ2n) is 3.32. The number of nitro benzene ring substituents is 1. The molecule has 1 heterocycles. The van der Waals surface area contributed by atoms with Crippen molar-refractivity contribution in [3.8, 4) is 0 Å². The summed E-state index contributed by atoms with van der Waals surface area (Å²) in [5.74, 6) is 0.290. The molecule has 0 fully saturated rings. The fourth-order valence-corrected chi connectivity index (χ4v) is 1.30. The Kier molecular flexibility index (Phi) is 3.19. The number of urea groups is 1. The van der Waals surface area contributed by atoms with Crippen molar-refractivity contribution in [3.05, 3.63) is 46.8 Å². The van der Waals surface area contributed by atoms with Gasteiger partial charge in [0.05, 0.1) is 4.92 Å². The van der Waals surface area contributed by atoms with Crippen molar-refractivity contribution in [2.75, 3.05) is 10.6 Å². The third kappa shape index (κ3) is 2.82. The first-order chi connectivity index (χ1) is 8.65. The van der Waals surface area contributed by atoms with Gasteiger partial charge in [-0.15, -0.1) is 0 Å². The Hall–Kier alpha value is -2.90. The molecule has 1 aromatic carbocycles. The molecule has 0 aliphatic rings. The van der Waals surface area contributed by atoms with Crippen molar-refractivity contribution in [1.29, 1.82) is 0 Å². The second-order valence-corrected chi connectivity index (χ2v) is 3.32. The van der Waals surface area contributed by atoms with Crippen LogP contribution in [-0.4, -0.2) is 20.9 Å². The number of nitrogens with zero attached hydrogens (tertiary/aromatic N) is 2. The molecule has 0 aliphatic heterocycles. The summed E-state index contributed by atoms with van der Waals surface area (Å²) in [6.45, 7) is 0. The maximum atomic E-state index is 11.5. The molecule has 3 N–H and O–H groups in total. The van der Waals surface area contributed by atoms with Gasteiger partial charge < -0.3 is 10.3 Å². The average molecular weight is 247 g/mol. The molecule has 1 aromatic heterocycles. The van der Waals surface area contributed by atoms with E-state index < -0.39 is 11.0 Å². The summed E-state index contributed by atoms with van der Waals surface area (Å²) in [6, 6.07) is 5.11. The number of H-pyrrole nitrogens is 1. The number of carbonyl (C=O) groups is 1. The number of imidazole rings is 1. The fourth-order valence-electron chi connectivity index (χ4n) is 1.30. The molecular weight excluding hydrogens is 238 g/mol. The normalized spacial score (nSPS) is 9.78. The van der Waals surface area contributed by atoms with Crippen molar-refractivity contribution in [2.45, 2.75) is 0 Å². The first-order valence-corrected chi connectivity index (χ1v) is 4.97. The van der Waals surface area contributed by atoms with Crippen molar-refractivity contribution in [2.24, 2.45) is 0 Å². The highest BCUT2D eigenvalue weighted by atomic mass is 16.6. The Morgan fingerprint density at radius 1 is 1.39 bits per heavy atom. The summed E-state index contributed by atoms with van der Waals surface area (Å²) in [5, 5.41) is 15.5. The standard InChI is InChI=1S/C10H9N5O3/c16-10(14-9-11-4-5-12-9)13-7-2-1-3-8(6-7)15(17)18/h1-6H,(H3,11,12,13,14,16). The zero-order valence-electron chi connectivity index (χ0n) is 9.08. The fraction of sp³-hybridized carbons (Fsp3) is 0. The van der Waals surface area contributed by atoms with Crippen molar-refractivity contribution < 1.29 is 9.72 Å². The molecule has 0 spiro atoms.